The molecule has 8 heteroatoms. The summed E-state index contributed by atoms with van der Waals surface area (Å²) >= 11 is 7.82. The number of hydrogen-bond donors (Lipinski definition) is 1. The molecule has 2 heterocycles. The first-order valence-corrected chi connectivity index (χ1v) is 7.16. The first-order valence-electron chi connectivity index (χ1n) is 5.90. The predicted molar refractivity (Wildman–Crippen MR) is 78.3 cm³/mol. The average Bonchev–Trinajstić information content (AvgIpc) is 3.09. The van der Waals surface area contributed by atoms with E-state index in [4.69, 9.17) is 11.6 Å². The molecule has 102 valence electrons. The molecule has 0 amide bonds. The Morgan fingerprint density at radius 2 is 2.30 bits per heavy atom. The molecule has 0 atom stereocenters. The summed E-state index contributed by atoms with van der Waals surface area (Å²) < 4.78 is 1.58. The number of nitrogens with one attached hydrogen (secondary N) is 1. The van der Waals surface area contributed by atoms with Crippen LogP contribution in [-0.4, -0.2) is 25.2 Å². The fraction of sp³-hybridized carbons (Fsp3) is 0.167. The minimum atomic E-state index is 0.628. The summed E-state index contributed by atoms with van der Waals surface area (Å²) in [4.78, 5) is 4.40. The Morgan fingerprint density at radius 1 is 1.40 bits per heavy atom. The molecule has 1 N–H and O–H groups in total. The van der Waals surface area contributed by atoms with Gasteiger partial charge in [-0.05, 0) is 35.5 Å². The normalized spacial score (nSPS) is 10.7. The third kappa shape index (κ3) is 2.78. The fourth-order valence-corrected chi connectivity index (χ4v) is 2.54. The van der Waals surface area contributed by atoms with Crippen LogP contribution in [-0.2, 0) is 6.54 Å². The molecule has 3 aromatic rings. The second-order valence-electron chi connectivity index (χ2n) is 4.13. The van der Waals surface area contributed by atoms with E-state index in [1.807, 2.05) is 30.5 Å². The highest BCUT2D eigenvalue weighted by molar-refractivity contribution is 7.09. The van der Waals surface area contributed by atoms with Gasteiger partial charge in [-0.15, -0.1) is 16.4 Å². The quantitative estimate of drug-likeness (QED) is 0.802. The summed E-state index contributed by atoms with van der Waals surface area (Å²) in [5, 5.41) is 18.1. The molecule has 0 fully saturated rings. The Balaban J connectivity index is 1.80. The van der Waals surface area contributed by atoms with E-state index in [2.05, 4.69) is 25.8 Å². The number of rotatable bonds is 4. The number of benzene rings is 1. The molecule has 3 rings (SSSR count). The van der Waals surface area contributed by atoms with Gasteiger partial charge in [-0.2, -0.15) is 0 Å². The molecule has 0 aliphatic heterocycles. The number of hydrogen-bond acceptors (Lipinski definition) is 6. The second-order valence-corrected chi connectivity index (χ2v) is 5.60. The first-order chi connectivity index (χ1) is 9.72. The molecule has 0 saturated heterocycles. The van der Waals surface area contributed by atoms with Crippen molar-refractivity contribution in [2.24, 2.45) is 0 Å². The molecular weight excluding hydrogens is 296 g/mol. The highest BCUT2D eigenvalue weighted by Crippen LogP contribution is 2.25. The van der Waals surface area contributed by atoms with Crippen LogP contribution < -0.4 is 5.32 Å². The van der Waals surface area contributed by atoms with E-state index in [0.717, 1.165) is 22.1 Å². The fourth-order valence-electron chi connectivity index (χ4n) is 1.75. The monoisotopic (exact) mass is 306 g/mol. The van der Waals surface area contributed by atoms with Crippen LogP contribution in [0, 0.1) is 6.92 Å². The van der Waals surface area contributed by atoms with Crippen molar-refractivity contribution < 1.29 is 0 Å². The van der Waals surface area contributed by atoms with Crippen molar-refractivity contribution in [3.05, 3.63) is 45.6 Å². The molecule has 0 aliphatic carbocycles. The van der Waals surface area contributed by atoms with Crippen LogP contribution in [0.15, 0.2) is 29.9 Å². The van der Waals surface area contributed by atoms with Crippen LogP contribution in [0.5, 0.6) is 0 Å². The summed E-state index contributed by atoms with van der Waals surface area (Å²) in [6.45, 7) is 2.61. The zero-order chi connectivity index (χ0) is 13.9. The predicted octanol–water partition coefficient (Wildman–Crippen LogP) is 2.69. The molecule has 0 saturated carbocycles. The smallest absolute Gasteiger partial charge is 0.143 e. The van der Waals surface area contributed by atoms with E-state index < -0.39 is 0 Å². The van der Waals surface area contributed by atoms with Crippen LogP contribution in [0.1, 0.15) is 10.7 Å². The third-order valence-electron chi connectivity index (χ3n) is 2.69. The van der Waals surface area contributed by atoms with Crippen molar-refractivity contribution in [1.29, 1.82) is 0 Å². The number of aryl methyl sites for hydroxylation is 1. The van der Waals surface area contributed by atoms with Gasteiger partial charge in [-0.3, -0.25) is 0 Å². The number of aromatic nitrogens is 5. The molecule has 0 spiro atoms. The Hall–Kier alpha value is -1.99. The van der Waals surface area contributed by atoms with Gasteiger partial charge < -0.3 is 5.32 Å². The Kier molecular flexibility index (Phi) is 3.62. The number of thiazole rings is 1. The molecular formula is C12H11ClN6S. The lowest BCUT2D eigenvalue weighted by molar-refractivity contribution is 0.789. The van der Waals surface area contributed by atoms with Crippen LogP contribution in [0.4, 0.5) is 5.69 Å². The van der Waals surface area contributed by atoms with Gasteiger partial charge >= 0.3 is 0 Å². The number of nitrogens with zero attached hydrogens (tertiary/aromatic N) is 5. The number of anilines is 1. The van der Waals surface area contributed by atoms with Crippen molar-refractivity contribution in [1.82, 2.24) is 25.2 Å². The van der Waals surface area contributed by atoms with Gasteiger partial charge in [0.05, 0.1) is 33.6 Å². The zero-order valence-electron chi connectivity index (χ0n) is 10.6. The summed E-state index contributed by atoms with van der Waals surface area (Å²) in [6, 6.07) is 5.57. The molecule has 0 radical (unpaired) electrons. The zero-order valence-corrected chi connectivity index (χ0v) is 12.2. The second kappa shape index (κ2) is 5.56. The van der Waals surface area contributed by atoms with Crippen molar-refractivity contribution in [3.8, 4) is 5.69 Å². The topological polar surface area (TPSA) is 68.5 Å². The summed E-state index contributed by atoms with van der Waals surface area (Å²) in [5.41, 5.74) is 2.66. The van der Waals surface area contributed by atoms with E-state index in [0.29, 0.717) is 11.6 Å². The van der Waals surface area contributed by atoms with Crippen LogP contribution in [0.25, 0.3) is 5.69 Å². The van der Waals surface area contributed by atoms with Gasteiger partial charge in [0.2, 0.25) is 0 Å². The summed E-state index contributed by atoms with van der Waals surface area (Å²) in [7, 11) is 0. The number of tetrazole rings is 1. The van der Waals surface area contributed by atoms with Crippen molar-refractivity contribution >= 4 is 28.6 Å². The Bertz CT molecular complexity index is 709. The van der Waals surface area contributed by atoms with Crippen molar-refractivity contribution in [3.63, 3.8) is 0 Å². The van der Waals surface area contributed by atoms with Gasteiger partial charge in [0.1, 0.15) is 6.33 Å². The lowest BCUT2D eigenvalue weighted by atomic mass is 10.2. The Morgan fingerprint density at radius 3 is 3.00 bits per heavy atom. The van der Waals surface area contributed by atoms with Gasteiger partial charge in [0, 0.05) is 5.38 Å². The van der Waals surface area contributed by atoms with Crippen molar-refractivity contribution in [2.75, 3.05) is 5.32 Å². The standard InChI is InChI=1S/C12H11ClN6S/c1-8-16-9(6-20-8)5-14-12-4-10(2-3-11(12)13)19-7-15-17-18-19/h2-4,6-7,14H,5H2,1H3. The van der Waals surface area contributed by atoms with Gasteiger partial charge in [0.25, 0.3) is 0 Å². The van der Waals surface area contributed by atoms with Gasteiger partial charge in [-0.1, -0.05) is 11.6 Å². The molecule has 2 aromatic heterocycles. The molecule has 1 aromatic carbocycles. The van der Waals surface area contributed by atoms with Crippen LogP contribution >= 0.6 is 22.9 Å². The lowest BCUT2D eigenvalue weighted by Gasteiger charge is -2.09. The molecule has 0 bridgehead atoms. The largest absolute Gasteiger partial charge is 0.378 e. The van der Waals surface area contributed by atoms with E-state index in [9.17, 15) is 0 Å². The minimum Gasteiger partial charge on any atom is -0.378 e. The highest BCUT2D eigenvalue weighted by Gasteiger charge is 2.05. The summed E-state index contributed by atoms with van der Waals surface area (Å²) in [5.74, 6) is 0. The molecule has 20 heavy (non-hydrogen) atoms. The maximum Gasteiger partial charge on any atom is 0.143 e. The van der Waals surface area contributed by atoms with Crippen LogP contribution in [0.2, 0.25) is 5.02 Å². The minimum absolute atomic E-state index is 0.628. The maximum atomic E-state index is 6.19. The average molecular weight is 307 g/mol. The van der Waals surface area contributed by atoms with Crippen molar-refractivity contribution in [2.45, 2.75) is 13.5 Å². The first kappa shape index (κ1) is 13.0. The maximum absolute atomic E-state index is 6.19. The van der Waals surface area contributed by atoms with E-state index in [1.54, 1.807) is 16.0 Å². The number of halogens is 1. The summed E-state index contributed by atoms with van der Waals surface area (Å²) in [6.07, 6.45) is 1.54. The third-order valence-corrected chi connectivity index (χ3v) is 3.84. The molecule has 0 unspecified atom stereocenters. The molecule has 0 aliphatic rings. The lowest BCUT2D eigenvalue weighted by Crippen LogP contribution is -2.02. The SMILES string of the molecule is Cc1nc(CNc2cc(-n3cnnn3)ccc2Cl)cs1. The highest BCUT2D eigenvalue weighted by atomic mass is 35.5. The van der Waals surface area contributed by atoms with E-state index in [-0.39, 0.29) is 0 Å². The van der Waals surface area contributed by atoms with Gasteiger partial charge in [-0.25, -0.2) is 9.67 Å². The Labute approximate surface area is 124 Å². The van der Waals surface area contributed by atoms with E-state index in [1.165, 1.54) is 6.33 Å². The van der Waals surface area contributed by atoms with Gasteiger partial charge in [0.15, 0.2) is 0 Å². The van der Waals surface area contributed by atoms with E-state index >= 15 is 0 Å². The molecule has 6 nitrogen and oxygen atoms in total. The van der Waals surface area contributed by atoms with Crippen LogP contribution in [0.3, 0.4) is 0 Å².